The monoisotopic (exact) mass is 314 g/mol. The molecule has 0 fully saturated rings. The fraction of sp³-hybridized carbons (Fsp3) is 0.500. The highest BCUT2D eigenvalue weighted by Gasteiger charge is 2.21. The standard InChI is InChI=1S/C14H19FN2O3S/c1-3-10(4-2)14(18)9-17-21(19,20)12-5-6-13(15)11(7-12)8-16/h5-7,10,14,17-18H,3-4,9H2,1-2H3. The highest BCUT2D eigenvalue weighted by Crippen LogP contribution is 2.16. The summed E-state index contributed by atoms with van der Waals surface area (Å²) in [5.41, 5.74) is -0.335. The molecule has 0 bridgehead atoms. The van der Waals surface area contributed by atoms with E-state index in [1.807, 2.05) is 13.8 Å². The van der Waals surface area contributed by atoms with Crippen LogP contribution < -0.4 is 4.72 Å². The zero-order valence-electron chi connectivity index (χ0n) is 12.0. The van der Waals surface area contributed by atoms with Crippen LogP contribution in [0.25, 0.3) is 0 Å². The van der Waals surface area contributed by atoms with Crippen molar-refractivity contribution in [2.45, 2.75) is 37.7 Å². The second-order valence-electron chi connectivity index (χ2n) is 4.75. The third-order valence-electron chi connectivity index (χ3n) is 3.44. The molecule has 116 valence electrons. The number of rotatable bonds is 7. The number of hydrogen-bond donors (Lipinski definition) is 2. The van der Waals surface area contributed by atoms with E-state index in [-0.39, 0.29) is 22.9 Å². The number of aliphatic hydroxyl groups excluding tert-OH is 1. The van der Waals surface area contributed by atoms with Gasteiger partial charge in [0.05, 0.1) is 16.6 Å². The second kappa shape index (κ2) is 7.50. The Balaban J connectivity index is 2.86. The van der Waals surface area contributed by atoms with Gasteiger partial charge in [0.2, 0.25) is 10.0 Å². The van der Waals surface area contributed by atoms with Crippen LogP contribution in [-0.4, -0.2) is 26.2 Å². The van der Waals surface area contributed by atoms with Crippen molar-refractivity contribution in [1.82, 2.24) is 4.72 Å². The molecular formula is C14H19FN2O3S. The molecule has 0 aliphatic rings. The minimum atomic E-state index is -3.88. The highest BCUT2D eigenvalue weighted by molar-refractivity contribution is 7.89. The van der Waals surface area contributed by atoms with Gasteiger partial charge in [-0.15, -0.1) is 0 Å². The van der Waals surface area contributed by atoms with Crippen molar-refractivity contribution in [2.24, 2.45) is 5.92 Å². The molecule has 0 radical (unpaired) electrons. The van der Waals surface area contributed by atoms with E-state index in [0.717, 1.165) is 31.0 Å². The van der Waals surface area contributed by atoms with E-state index in [9.17, 15) is 17.9 Å². The number of benzene rings is 1. The fourth-order valence-electron chi connectivity index (χ4n) is 2.04. The van der Waals surface area contributed by atoms with Gasteiger partial charge in [0.25, 0.3) is 0 Å². The number of nitrogens with zero attached hydrogens (tertiary/aromatic N) is 1. The molecular weight excluding hydrogens is 295 g/mol. The fourth-order valence-corrected chi connectivity index (χ4v) is 3.11. The van der Waals surface area contributed by atoms with Crippen LogP contribution in [0.2, 0.25) is 0 Å². The molecule has 0 aromatic heterocycles. The predicted molar refractivity (Wildman–Crippen MR) is 76.4 cm³/mol. The Kier molecular flexibility index (Phi) is 6.27. The number of nitriles is 1. The van der Waals surface area contributed by atoms with Gasteiger partial charge in [-0.1, -0.05) is 26.7 Å². The topological polar surface area (TPSA) is 90.2 Å². The number of sulfonamides is 1. The van der Waals surface area contributed by atoms with E-state index in [2.05, 4.69) is 4.72 Å². The average molecular weight is 314 g/mol. The normalized spacial score (nSPS) is 13.1. The molecule has 0 spiro atoms. The maximum absolute atomic E-state index is 13.2. The molecule has 1 aromatic carbocycles. The van der Waals surface area contributed by atoms with E-state index in [0.29, 0.717) is 0 Å². The highest BCUT2D eigenvalue weighted by atomic mass is 32.2. The quantitative estimate of drug-likeness (QED) is 0.802. The van der Waals surface area contributed by atoms with Gasteiger partial charge in [-0.2, -0.15) is 5.26 Å². The average Bonchev–Trinajstić information content (AvgIpc) is 2.46. The Hall–Kier alpha value is -1.49. The Morgan fingerprint density at radius 3 is 2.52 bits per heavy atom. The molecule has 0 aliphatic carbocycles. The van der Waals surface area contributed by atoms with Crippen molar-refractivity contribution < 1.29 is 17.9 Å². The summed E-state index contributed by atoms with van der Waals surface area (Å²) < 4.78 is 39.6. The van der Waals surface area contributed by atoms with Gasteiger partial charge < -0.3 is 5.11 Å². The summed E-state index contributed by atoms with van der Waals surface area (Å²) >= 11 is 0. The summed E-state index contributed by atoms with van der Waals surface area (Å²) in [6, 6.07) is 4.59. The first kappa shape index (κ1) is 17.6. The summed E-state index contributed by atoms with van der Waals surface area (Å²) in [4.78, 5) is -0.197. The van der Waals surface area contributed by atoms with E-state index in [1.54, 1.807) is 6.07 Å². The number of hydrogen-bond acceptors (Lipinski definition) is 4. The molecule has 0 amide bonds. The molecule has 0 aliphatic heterocycles. The molecule has 1 atom stereocenters. The lowest BCUT2D eigenvalue weighted by atomic mass is 9.97. The predicted octanol–water partition coefficient (Wildman–Crippen LogP) is 1.77. The molecule has 0 heterocycles. The Bertz CT molecular complexity index is 622. The van der Waals surface area contributed by atoms with E-state index in [4.69, 9.17) is 5.26 Å². The van der Waals surface area contributed by atoms with E-state index in [1.165, 1.54) is 0 Å². The Morgan fingerprint density at radius 2 is 2.00 bits per heavy atom. The third kappa shape index (κ3) is 4.49. The number of nitrogens with one attached hydrogen (secondary N) is 1. The van der Waals surface area contributed by atoms with Crippen molar-refractivity contribution in [2.75, 3.05) is 6.54 Å². The molecule has 1 aromatic rings. The van der Waals surface area contributed by atoms with Crippen molar-refractivity contribution >= 4 is 10.0 Å². The maximum atomic E-state index is 13.2. The molecule has 1 unspecified atom stereocenters. The van der Waals surface area contributed by atoms with Crippen LogP contribution in [0.3, 0.4) is 0 Å². The van der Waals surface area contributed by atoms with Crippen molar-refractivity contribution in [3.05, 3.63) is 29.6 Å². The summed E-state index contributed by atoms with van der Waals surface area (Å²) in [7, 11) is -3.88. The van der Waals surface area contributed by atoms with Crippen molar-refractivity contribution in [3.63, 3.8) is 0 Å². The first-order chi connectivity index (χ1) is 9.85. The van der Waals surface area contributed by atoms with Crippen LogP contribution in [0.1, 0.15) is 32.3 Å². The SMILES string of the molecule is CCC(CC)C(O)CNS(=O)(=O)c1ccc(F)c(C#N)c1. The van der Waals surface area contributed by atoms with Gasteiger partial charge >= 0.3 is 0 Å². The van der Waals surface area contributed by atoms with Gasteiger partial charge in [-0.3, -0.25) is 0 Å². The van der Waals surface area contributed by atoms with Crippen LogP contribution in [0.15, 0.2) is 23.1 Å². The van der Waals surface area contributed by atoms with Crippen LogP contribution in [0.5, 0.6) is 0 Å². The van der Waals surface area contributed by atoms with Crippen LogP contribution in [0, 0.1) is 23.1 Å². The van der Waals surface area contributed by atoms with Crippen LogP contribution >= 0.6 is 0 Å². The second-order valence-corrected chi connectivity index (χ2v) is 6.52. The molecule has 0 saturated carbocycles. The smallest absolute Gasteiger partial charge is 0.240 e. The maximum Gasteiger partial charge on any atom is 0.240 e. The molecule has 7 heteroatoms. The van der Waals surface area contributed by atoms with Crippen molar-refractivity contribution in [3.8, 4) is 6.07 Å². The van der Waals surface area contributed by atoms with Crippen LogP contribution in [0.4, 0.5) is 4.39 Å². The number of halogens is 1. The van der Waals surface area contributed by atoms with Crippen molar-refractivity contribution in [1.29, 1.82) is 5.26 Å². The lowest BCUT2D eigenvalue weighted by Gasteiger charge is -2.20. The summed E-state index contributed by atoms with van der Waals surface area (Å²) in [6.45, 7) is 3.73. The first-order valence-electron chi connectivity index (χ1n) is 6.73. The molecule has 2 N–H and O–H groups in total. The largest absolute Gasteiger partial charge is 0.391 e. The van der Waals surface area contributed by atoms with Crippen LogP contribution in [-0.2, 0) is 10.0 Å². The third-order valence-corrected chi connectivity index (χ3v) is 4.87. The van der Waals surface area contributed by atoms with Gasteiger partial charge in [-0.05, 0) is 24.1 Å². The molecule has 21 heavy (non-hydrogen) atoms. The summed E-state index contributed by atoms with van der Waals surface area (Å²) in [5.74, 6) is -0.760. The first-order valence-corrected chi connectivity index (χ1v) is 8.21. The minimum absolute atomic E-state index is 0.00980. The summed E-state index contributed by atoms with van der Waals surface area (Å²) in [5, 5.41) is 18.6. The van der Waals surface area contributed by atoms with Gasteiger partial charge in [0, 0.05) is 6.54 Å². The lowest BCUT2D eigenvalue weighted by molar-refractivity contribution is 0.107. The minimum Gasteiger partial charge on any atom is -0.391 e. The Labute approximate surface area is 124 Å². The summed E-state index contributed by atoms with van der Waals surface area (Å²) in [6.07, 6.45) is 0.703. The van der Waals surface area contributed by atoms with E-state index >= 15 is 0 Å². The molecule has 0 saturated heterocycles. The molecule has 5 nitrogen and oxygen atoms in total. The van der Waals surface area contributed by atoms with Gasteiger partial charge in [0.1, 0.15) is 11.9 Å². The number of aliphatic hydroxyl groups is 1. The van der Waals surface area contributed by atoms with E-state index < -0.39 is 21.9 Å². The zero-order chi connectivity index (χ0) is 16.0. The van der Waals surface area contributed by atoms with Gasteiger partial charge in [-0.25, -0.2) is 17.5 Å². The lowest BCUT2D eigenvalue weighted by Crippen LogP contribution is -2.36. The Morgan fingerprint density at radius 1 is 1.38 bits per heavy atom. The zero-order valence-corrected chi connectivity index (χ0v) is 12.8. The molecule has 1 rings (SSSR count). The van der Waals surface area contributed by atoms with Gasteiger partial charge in [0.15, 0.2) is 0 Å².